The monoisotopic (exact) mass is 145 g/mol. The van der Waals surface area contributed by atoms with Gasteiger partial charge in [-0.05, 0) is 12.2 Å². The van der Waals surface area contributed by atoms with Crippen molar-refractivity contribution < 1.29 is 14.9 Å². The molecule has 0 heterocycles. The fourth-order valence-electron chi connectivity index (χ4n) is 0.290. The van der Waals surface area contributed by atoms with E-state index in [0.717, 1.165) is 12.2 Å². The van der Waals surface area contributed by atoms with E-state index in [0.29, 0.717) is 0 Å². The van der Waals surface area contributed by atoms with Gasteiger partial charge in [0.15, 0.2) is 6.29 Å². The van der Waals surface area contributed by atoms with Gasteiger partial charge < -0.3 is 14.9 Å². The van der Waals surface area contributed by atoms with E-state index in [-0.39, 0.29) is 0 Å². The van der Waals surface area contributed by atoms with Crippen molar-refractivity contribution in [1.29, 1.82) is 0 Å². The van der Waals surface area contributed by atoms with Crippen LogP contribution in [0.1, 0.15) is 0 Å². The highest BCUT2D eigenvalue weighted by molar-refractivity contribution is 4.84. The Hall–Kier alpha value is -0.680. The highest BCUT2D eigenvalue weighted by Crippen LogP contribution is 2.02. The molecule has 2 atom stereocenters. The van der Waals surface area contributed by atoms with Gasteiger partial charge in [0.1, 0.15) is 0 Å². The topological polar surface area (TPSA) is 75.7 Å². The van der Waals surface area contributed by atoms with E-state index in [4.69, 9.17) is 15.9 Å². The highest BCUT2D eigenvalue weighted by atomic mass is 16.7. The molecule has 0 fully saturated rings. The van der Waals surface area contributed by atoms with Gasteiger partial charge >= 0.3 is 0 Å². The minimum atomic E-state index is -1.99. The summed E-state index contributed by atoms with van der Waals surface area (Å²) in [5.41, 5.74) is 5.00. The molecule has 0 spiro atoms. The summed E-state index contributed by atoms with van der Waals surface area (Å²) in [5, 5.41) is 17.6. The number of hydrogen-bond acceptors (Lipinski definition) is 4. The van der Waals surface area contributed by atoms with Crippen LogP contribution in [0.15, 0.2) is 25.3 Å². The zero-order valence-corrected chi connectivity index (χ0v) is 5.53. The summed E-state index contributed by atoms with van der Waals surface area (Å²) in [6, 6.07) is 0. The van der Waals surface area contributed by atoms with Gasteiger partial charge in [0.2, 0.25) is 5.91 Å². The Morgan fingerprint density at radius 2 is 2.10 bits per heavy atom. The van der Waals surface area contributed by atoms with Crippen molar-refractivity contribution in [3.63, 3.8) is 0 Å². The molecular formula is C6H11NO3. The summed E-state index contributed by atoms with van der Waals surface area (Å²) in [6.45, 7) is 6.38. The van der Waals surface area contributed by atoms with E-state index in [1.807, 2.05) is 0 Å². The molecule has 4 N–H and O–H groups in total. The molecule has 0 rings (SSSR count). The number of nitrogens with two attached hydrogens (primary N) is 1. The second kappa shape index (κ2) is 3.48. The largest absolute Gasteiger partial charge is 0.364 e. The van der Waals surface area contributed by atoms with Gasteiger partial charge in [-0.1, -0.05) is 13.2 Å². The van der Waals surface area contributed by atoms with Gasteiger partial charge in [-0.2, -0.15) is 0 Å². The lowest BCUT2D eigenvalue weighted by molar-refractivity contribution is -0.232. The first-order chi connectivity index (χ1) is 4.52. The van der Waals surface area contributed by atoms with Crippen molar-refractivity contribution >= 4 is 0 Å². The van der Waals surface area contributed by atoms with Crippen LogP contribution in [0.25, 0.3) is 0 Å². The Balaban J connectivity index is 3.86. The van der Waals surface area contributed by atoms with Gasteiger partial charge in [0, 0.05) is 0 Å². The van der Waals surface area contributed by atoms with E-state index in [1.165, 1.54) is 0 Å². The van der Waals surface area contributed by atoms with Crippen LogP contribution in [0.3, 0.4) is 0 Å². The van der Waals surface area contributed by atoms with Gasteiger partial charge in [-0.3, -0.25) is 5.73 Å². The van der Waals surface area contributed by atoms with Crippen molar-refractivity contribution in [3.8, 4) is 0 Å². The molecule has 0 saturated heterocycles. The van der Waals surface area contributed by atoms with Crippen LogP contribution < -0.4 is 5.73 Å². The fourth-order valence-corrected chi connectivity index (χ4v) is 0.290. The van der Waals surface area contributed by atoms with Gasteiger partial charge in [-0.25, -0.2) is 0 Å². The van der Waals surface area contributed by atoms with E-state index < -0.39 is 12.2 Å². The fraction of sp³-hybridized carbons (Fsp3) is 0.333. The number of hydrogen-bond donors (Lipinski definition) is 3. The normalized spacial score (nSPS) is 19.1. The summed E-state index contributed by atoms with van der Waals surface area (Å²) >= 11 is 0. The molecule has 0 aliphatic carbocycles. The quantitative estimate of drug-likeness (QED) is 0.361. The van der Waals surface area contributed by atoms with Crippen molar-refractivity contribution in [2.75, 3.05) is 0 Å². The molecule has 0 radical (unpaired) electrons. The van der Waals surface area contributed by atoms with E-state index in [1.54, 1.807) is 0 Å². The maximum Gasteiger partial charge on any atom is 0.245 e. The van der Waals surface area contributed by atoms with Crippen molar-refractivity contribution in [1.82, 2.24) is 0 Å². The maximum absolute atomic E-state index is 8.85. The molecular weight excluding hydrogens is 134 g/mol. The lowest BCUT2D eigenvalue weighted by Gasteiger charge is -2.20. The molecule has 2 unspecified atom stereocenters. The average molecular weight is 145 g/mol. The Morgan fingerprint density at radius 1 is 1.60 bits per heavy atom. The summed E-state index contributed by atoms with van der Waals surface area (Å²) in [4.78, 5) is 0. The predicted octanol–water partition coefficient (Wildman–Crippen LogP) is -0.702. The molecule has 0 amide bonds. The molecule has 0 aromatic rings. The molecule has 0 aliphatic heterocycles. The van der Waals surface area contributed by atoms with Crippen molar-refractivity contribution in [2.45, 2.75) is 12.2 Å². The smallest absolute Gasteiger partial charge is 0.245 e. The molecule has 0 bridgehead atoms. The van der Waals surface area contributed by atoms with E-state index in [9.17, 15) is 0 Å². The minimum Gasteiger partial charge on any atom is -0.364 e. The molecule has 0 aromatic heterocycles. The standard InChI is InChI=1S/C6H11NO3/c1-3-5(8)10-6(7,9)4-2/h3-5,8-9H,1-2,7H2. The van der Waals surface area contributed by atoms with Crippen LogP contribution in [0.4, 0.5) is 0 Å². The lowest BCUT2D eigenvalue weighted by atomic mass is 10.5. The first-order valence-corrected chi connectivity index (χ1v) is 2.65. The summed E-state index contributed by atoms with van der Waals surface area (Å²) in [7, 11) is 0. The van der Waals surface area contributed by atoms with Crippen molar-refractivity contribution in [3.05, 3.63) is 25.3 Å². The summed E-state index contributed by atoms with van der Waals surface area (Å²) in [5.74, 6) is -1.99. The molecule has 4 nitrogen and oxygen atoms in total. The van der Waals surface area contributed by atoms with E-state index >= 15 is 0 Å². The number of aliphatic hydroxyl groups is 2. The Bertz CT molecular complexity index is 133. The number of rotatable bonds is 4. The van der Waals surface area contributed by atoms with Crippen LogP contribution in [0.5, 0.6) is 0 Å². The Kier molecular flexibility index (Phi) is 3.24. The first-order valence-electron chi connectivity index (χ1n) is 2.65. The Morgan fingerprint density at radius 3 is 2.40 bits per heavy atom. The summed E-state index contributed by atoms with van der Waals surface area (Å²) < 4.78 is 4.39. The zero-order chi connectivity index (χ0) is 8.20. The third kappa shape index (κ3) is 3.37. The van der Waals surface area contributed by atoms with Gasteiger partial charge in [0.25, 0.3) is 0 Å². The third-order valence-electron chi connectivity index (χ3n) is 0.804. The molecule has 0 saturated carbocycles. The molecule has 0 aromatic carbocycles. The summed E-state index contributed by atoms with van der Waals surface area (Å²) in [6.07, 6.45) is 0.758. The van der Waals surface area contributed by atoms with Crippen molar-refractivity contribution in [2.24, 2.45) is 5.73 Å². The zero-order valence-electron chi connectivity index (χ0n) is 5.53. The third-order valence-corrected chi connectivity index (χ3v) is 0.804. The number of aliphatic hydroxyl groups excluding tert-OH is 1. The second-order valence-corrected chi connectivity index (χ2v) is 1.70. The SMILES string of the molecule is C=CC(O)OC(N)(O)C=C. The van der Waals surface area contributed by atoms with Crippen LogP contribution in [0.2, 0.25) is 0 Å². The highest BCUT2D eigenvalue weighted by Gasteiger charge is 2.19. The van der Waals surface area contributed by atoms with Crippen LogP contribution in [-0.4, -0.2) is 22.4 Å². The lowest BCUT2D eigenvalue weighted by Crippen LogP contribution is -2.42. The van der Waals surface area contributed by atoms with Crippen LogP contribution in [-0.2, 0) is 4.74 Å². The second-order valence-electron chi connectivity index (χ2n) is 1.70. The minimum absolute atomic E-state index is 0.958. The first kappa shape index (κ1) is 9.32. The Labute approximate surface area is 59.2 Å². The molecule has 58 valence electrons. The van der Waals surface area contributed by atoms with Crippen LogP contribution >= 0.6 is 0 Å². The average Bonchev–Trinajstić information content (AvgIpc) is 1.87. The molecule has 4 heteroatoms. The predicted molar refractivity (Wildman–Crippen MR) is 36.6 cm³/mol. The number of ether oxygens (including phenoxy) is 1. The van der Waals surface area contributed by atoms with Gasteiger partial charge in [0.05, 0.1) is 0 Å². The maximum atomic E-state index is 8.85. The molecule has 0 aliphatic rings. The van der Waals surface area contributed by atoms with E-state index in [2.05, 4.69) is 17.9 Å². The van der Waals surface area contributed by atoms with Gasteiger partial charge in [-0.15, -0.1) is 0 Å². The van der Waals surface area contributed by atoms with Crippen LogP contribution in [0, 0.1) is 0 Å². The molecule has 10 heavy (non-hydrogen) atoms.